The molecule has 0 radical (unpaired) electrons. The van der Waals surface area contributed by atoms with Crippen molar-refractivity contribution in [2.45, 2.75) is 65.7 Å². The van der Waals surface area contributed by atoms with E-state index in [2.05, 4.69) is 26.8 Å². The molecule has 0 unspecified atom stereocenters. The lowest BCUT2D eigenvalue weighted by atomic mass is 10.1. The van der Waals surface area contributed by atoms with Gasteiger partial charge in [0.1, 0.15) is 0 Å². The van der Waals surface area contributed by atoms with E-state index in [0.29, 0.717) is 0 Å². The third-order valence-electron chi connectivity index (χ3n) is 2.36. The van der Waals surface area contributed by atoms with Crippen LogP contribution in [0.5, 0.6) is 0 Å². The molecule has 0 aromatic rings. The van der Waals surface area contributed by atoms with Crippen molar-refractivity contribution in [3.05, 3.63) is 11.6 Å². The SMILES string of the molecule is CCCCCCC/C=C(/C)CC. The van der Waals surface area contributed by atoms with Gasteiger partial charge in [0.2, 0.25) is 0 Å². The molecule has 12 heavy (non-hydrogen) atoms. The number of unbranched alkanes of at least 4 members (excludes halogenated alkanes) is 5. The van der Waals surface area contributed by atoms with Gasteiger partial charge in [-0.15, -0.1) is 0 Å². The Morgan fingerprint density at radius 2 is 1.67 bits per heavy atom. The van der Waals surface area contributed by atoms with E-state index in [1.54, 1.807) is 5.57 Å². The summed E-state index contributed by atoms with van der Waals surface area (Å²) < 4.78 is 0. The summed E-state index contributed by atoms with van der Waals surface area (Å²) in [5.41, 5.74) is 1.55. The minimum atomic E-state index is 1.22. The molecule has 0 aliphatic heterocycles. The van der Waals surface area contributed by atoms with Gasteiger partial charge in [-0.1, -0.05) is 51.2 Å². The van der Waals surface area contributed by atoms with Crippen molar-refractivity contribution in [1.82, 2.24) is 0 Å². The molecule has 0 spiro atoms. The molecule has 0 saturated heterocycles. The lowest BCUT2D eigenvalue weighted by Gasteiger charge is -1.97. The van der Waals surface area contributed by atoms with Crippen LogP contribution in [0.1, 0.15) is 65.7 Å². The molecule has 0 aromatic carbocycles. The molecular formula is C12H24. The second-order valence-electron chi connectivity index (χ2n) is 3.61. The number of allylic oxidation sites excluding steroid dienone is 2. The number of rotatable bonds is 7. The van der Waals surface area contributed by atoms with Gasteiger partial charge in [0, 0.05) is 0 Å². The predicted molar refractivity (Wildman–Crippen MR) is 57.4 cm³/mol. The molecule has 0 nitrogen and oxygen atoms in total. The van der Waals surface area contributed by atoms with Crippen LogP contribution in [-0.2, 0) is 0 Å². The van der Waals surface area contributed by atoms with Crippen LogP contribution in [0, 0.1) is 0 Å². The van der Waals surface area contributed by atoms with Crippen LogP contribution in [0.4, 0.5) is 0 Å². The summed E-state index contributed by atoms with van der Waals surface area (Å²) in [5, 5.41) is 0. The van der Waals surface area contributed by atoms with Crippen molar-refractivity contribution in [3.63, 3.8) is 0 Å². The molecule has 72 valence electrons. The third-order valence-corrected chi connectivity index (χ3v) is 2.36. The Hall–Kier alpha value is -0.260. The van der Waals surface area contributed by atoms with E-state index >= 15 is 0 Å². The lowest BCUT2D eigenvalue weighted by Crippen LogP contribution is -1.77. The van der Waals surface area contributed by atoms with Gasteiger partial charge in [0.25, 0.3) is 0 Å². The summed E-state index contributed by atoms with van der Waals surface area (Å²) in [4.78, 5) is 0. The van der Waals surface area contributed by atoms with E-state index in [0.717, 1.165) is 0 Å². The quantitative estimate of drug-likeness (QED) is 0.382. The zero-order valence-corrected chi connectivity index (χ0v) is 9.03. The fourth-order valence-electron chi connectivity index (χ4n) is 1.24. The van der Waals surface area contributed by atoms with Crippen LogP contribution in [0.3, 0.4) is 0 Å². The standard InChI is InChI=1S/C12H24/c1-4-6-7-8-9-10-11-12(3)5-2/h11H,4-10H2,1-3H3/b12-11-. The second kappa shape index (κ2) is 8.83. The molecule has 0 saturated carbocycles. The maximum Gasteiger partial charge on any atom is -0.0348 e. The summed E-state index contributed by atoms with van der Waals surface area (Å²) in [6.45, 7) is 6.72. The Morgan fingerprint density at radius 1 is 1.00 bits per heavy atom. The van der Waals surface area contributed by atoms with Gasteiger partial charge in [-0.25, -0.2) is 0 Å². The third kappa shape index (κ3) is 7.84. The summed E-state index contributed by atoms with van der Waals surface area (Å²) in [6, 6.07) is 0. The van der Waals surface area contributed by atoms with Crippen molar-refractivity contribution in [2.75, 3.05) is 0 Å². The maximum atomic E-state index is 2.39. The number of hydrogen-bond donors (Lipinski definition) is 0. The molecule has 0 amide bonds. The topological polar surface area (TPSA) is 0 Å². The van der Waals surface area contributed by atoms with E-state index in [1.165, 1.54) is 44.9 Å². The maximum absolute atomic E-state index is 2.39. The minimum Gasteiger partial charge on any atom is -0.0856 e. The fourth-order valence-corrected chi connectivity index (χ4v) is 1.24. The molecule has 0 atom stereocenters. The lowest BCUT2D eigenvalue weighted by molar-refractivity contribution is 0.636. The number of hydrogen-bond acceptors (Lipinski definition) is 0. The monoisotopic (exact) mass is 168 g/mol. The van der Waals surface area contributed by atoms with Crippen molar-refractivity contribution < 1.29 is 0 Å². The molecule has 0 rings (SSSR count). The van der Waals surface area contributed by atoms with Gasteiger partial charge in [0.05, 0.1) is 0 Å². The van der Waals surface area contributed by atoms with E-state index in [1.807, 2.05) is 0 Å². The highest BCUT2D eigenvalue weighted by atomic mass is 13.9. The molecule has 0 heteroatoms. The molecular weight excluding hydrogens is 144 g/mol. The first-order valence-electron chi connectivity index (χ1n) is 5.46. The minimum absolute atomic E-state index is 1.22. The molecule has 0 aliphatic rings. The van der Waals surface area contributed by atoms with Crippen molar-refractivity contribution >= 4 is 0 Å². The van der Waals surface area contributed by atoms with Crippen molar-refractivity contribution in [3.8, 4) is 0 Å². The van der Waals surface area contributed by atoms with Gasteiger partial charge in [-0.05, 0) is 26.2 Å². The van der Waals surface area contributed by atoms with E-state index < -0.39 is 0 Å². The Balaban J connectivity index is 3.10. The average molecular weight is 168 g/mol. The Labute approximate surface area is 78.1 Å². The second-order valence-corrected chi connectivity index (χ2v) is 3.61. The van der Waals surface area contributed by atoms with Gasteiger partial charge in [0.15, 0.2) is 0 Å². The van der Waals surface area contributed by atoms with Crippen LogP contribution in [0.15, 0.2) is 11.6 Å². The summed E-state index contributed by atoms with van der Waals surface area (Å²) in [6.07, 6.45) is 11.9. The van der Waals surface area contributed by atoms with Gasteiger partial charge >= 0.3 is 0 Å². The summed E-state index contributed by atoms with van der Waals surface area (Å²) in [7, 11) is 0. The summed E-state index contributed by atoms with van der Waals surface area (Å²) in [5.74, 6) is 0. The Morgan fingerprint density at radius 3 is 2.25 bits per heavy atom. The van der Waals surface area contributed by atoms with Crippen molar-refractivity contribution in [1.29, 1.82) is 0 Å². The normalized spacial score (nSPS) is 12.1. The molecule has 0 heterocycles. The molecule has 0 aliphatic carbocycles. The smallest absolute Gasteiger partial charge is 0.0348 e. The molecule has 0 fully saturated rings. The summed E-state index contributed by atoms with van der Waals surface area (Å²) >= 11 is 0. The zero-order chi connectivity index (χ0) is 9.23. The van der Waals surface area contributed by atoms with Crippen LogP contribution in [-0.4, -0.2) is 0 Å². The predicted octanol–water partition coefficient (Wildman–Crippen LogP) is 4.70. The largest absolute Gasteiger partial charge is 0.0856 e. The highest BCUT2D eigenvalue weighted by Crippen LogP contribution is 2.07. The van der Waals surface area contributed by atoms with Crippen LogP contribution in [0.2, 0.25) is 0 Å². The zero-order valence-electron chi connectivity index (χ0n) is 9.03. The van der Waals surface area contributed by atoms with Crippen LogP contribution in [0.25, 0.3) is 0 Å². The first-order chi connectivity index (χ1) is 5.81. The van der Waals surface area contributed by atoms with Gasteiger partial charge < -0.3 is 0 Å². The Bertz CT molecular complexity index is 111. The van der Waals surface area contributed by atoms with Crippen LogP contribution < -0.4 is 0 Å². The average Bonchev–Trinajstić information content (AvgIpc) is 2.10. The van der Waals surface area contributed by atoms with E-state index in [9.17, 15) is 0 Å². The van der Waals surface area contributed by atoms with Gasteiger partial charge in [-0.2, -0.15) is 0 Å². The van der Waals surface area contributed by atoms with Gasteiger partial charge in [-0.3, -0.25) is 0 Å². The molecule has 0 aromatic heterocycles. The van der Waals surface area contributed by atoms with Crippen LogP contribution >= 0.6 is 0 Å². The first-order valence-corrected chi connectivity index (χ1v) is 5.46. The Kier molecular flexibility index (Phi) is 8.64. The van der Waals surface area contributed by atoms with Crippen molar-refractivity contribution in [2.24, 2.45) is 0 Å². The highest BCUT2D eigenvalue weighted by Gasteiger charge is 1.87. The van der Waals surface area contributed by atoms with E-state index in [-0.39, 0.29) is 0 Å². The molecule has 0 bridgehead atoms. The molecule has 0 N–H and O–H groups in total. The van der Waals surface area contributed by atoms with E-state index in [4.69, 9.17) is 0 Å². The fraction of sp³-hybridized carbons (Fsp3) is 0.833. The highest BCUT2D eigenvalue weighted by molar-refractivity contribution is 4.96. The first kappa shape index (κ1) is 11.7.